The molecule has 1 aliphatic rings. The first-order valence-corrected chi connectivity index (χ1v) is 19.7. The maximum Gasteiger partial charge on any atom is 0.471 e. The molecule has 0 bridgehead atoms. The van der Waals surface area contributed by atoms with Crippen LogP contribution in [0.2, 0.25) is 0 Å². The van der Waals surface area contributed by atoms with Crippen molar-refractivity contribution in [2.45, 2.75) is 57.7 Å². The first-order valence-electron chi connectivity index (χ1n) is 18.6. The SMILES string of the molecule is [C-]#[N+]CCOP(OC[C@@H](COC(c1ccccc1)(c1ccc(OC)cc1)c1ccc(OC)cc1)O[CH-]CN1CCN(C(=O)C(F)(F)F)CC1)N(C(C)C)C(C)C.[U]. The molecule has 0 saturated carbocycles. The minimum atomic E-state index is -4.91. The Balaban J connectivity index is 0.00000870. The molecule has 0 radical (unpaired) electrons. The van der Waals surface area contributed by atoms with E-state index in [1.165, 1.54) is 0 Å². The standard InChI is InChI=1S/C41H53F3N4O7P.U/c1-31(2)48(32(3)4)56(54-27-21-45-5)55-30-38(52-28-26-46-22-24-47(25-23-46)39(49)41(42,43)44)29-53-40(33-11-9-8-10-12-33,34-13-17-36(50-6)18-14-34)35-15-19-37(51-7)20-16-35;/h8-20,28,31-32,38H,21-27,29-30H2,1-4,6-7H3;/q-1;/t38-,56?;/m1./s1. The summed E-state index contributed by atoms with van der Waals surface area (Å²) in [7, 11) is 1.62. The second-order valence-corrected chi connectivity index (χ2v) is 15.1. The van der Waals surface area contributed by atoms with Gasteiger partial charge >= 0.3 is 12.1 Å². The van der Waals surface area contributed by atoms with Crippen LogP contribution in [0.1, 0.15) is 44.4 Å². The van der Waals surface area contributed by atoms with Gasteiger partial charge in [0, 0.05) is 69.4 Å². The molecule has 3 aromatic rings. The Morgan fingerprint density at radius 1 is 0.825 bits per heavy atom. The van der Waals surface area contributed by atoms with Crippen LogP contribution in [0.5, 0.6) is 11.5 Å². The fourth-order valence-corrected chi connectivity index (χ4v) is 8.10. The van der Waals surface area contributed by atoms with E-state index < -0.39 is 32.3 Å². The van der Waals surface area contributed by atoms with Gasteiger partial charge in [0.1, 0.15) is 23.7 Å². The van der Waals surface area contributed by atoms with Gasteiger partial charge in [-0.15, -0.1) is 6.54 Å². The van der Waals surface area contributed by atoms with E-state index in [4.69, 9.17) is 34.6 Å². The van der Waals surface area contributed by atoms with E-state index in [0.717, 1.165) is 21.6 Å². The first-order chi connectivity index (χ1) is 26.8. The van der Waals surface area contributed by atoms with Gasteiger partial charge in [-0.05, 0) is 68.7 Å². The van der Waals surface area contributed by atoms with Gasteiger partial charge in [-0.25, -0.2) is 11.2 Å². The molecule has 2 atom stereocenters. The van der Waals surface area contributed by atoms with Crippen LogP contribution in [0.3, 0.4) is 0 Å². The van der Waals surface area contributed by atoms with E-state index in [-0.39, 0.29) is 95.7 Å². The third kappa shape index (κ3) is 13.6. The van der Waals surface area contributed by atoms with Gasteiger partial charge < -0.3 is 42.6 Å². The number of ether oxygens (including phenoxy) is 4. The van der Waals surface area contributed by atoms with Crippen LogP contribution in [-0.2, 0) is 28.9 Å². The Morgan fingerprint density at radius 2 is 1.35 bits per heavy atom. The molecule has 16 heteroatoms. The predicted octanol–water partition coefficient (Wildman–Crippen LogP) is 7.56. The van der Waals surface area contributed by atoms with Gasteiger partial charge in [-0.3, -0.25) is 4.79 Å². The Morgan fingerprint density at radius 3 is 1.82 bits per heavy atom. The number of hydrogen-bond acceptors (Lipinski definition) is 9. The van der Waals surface area contributed by atoms with Crippen molar-refractivity contribution in [2.75, 3.05) is 73.3 Å². The normalized spacial score (nSPS) is 15.0. The summed E-state index contributed by atoms with van der Waals surface area (Å²) in [6, 6.07) is 25.4. The van der Waals surface area contributed by atoms with Crippen molar-refractivity contribution in [1.82, 2.24) is 14.5 Å². The molecule has 0 aliphatic carbocycles. The summed E-state index contributed by atoms with van der Waals surface area (Å²) in [5.41, 5.74) is 1.39. The van der Waals surface area contributed by atoms with Crippen molar-refractivity contribution >= 4 is 14.4 Å². The molecular weight excluding hydrogens is 986 g/mol. The molecule has 1 aliphatic heterocycles. The van der Waals surface area contributed by atoms with Crippen LogP contribution in [0, 0.1) is 44.3 Å². The first kappa shape index (κ1) is 48.6. The van der Waals surface area contributed by atoms with Crippen molar-refractivity contribution in [3.8, 4) is 11.5 Å². The van der Waals surface area contributed by atoms with Crippen molar-refractivity contribution in [3.63, 3.8) is 0 Å². The van der Waals surface area contributed by atoms with Crippen molar-refractivity contribution in [3.05, 3.63) is 114 Å². The summed E-state index contributed by atoms with van der Waals surface area (Å²) in [5.74, 6) is -0.455. The van der Waals surface area contributed by atoms with E-state index in [9.17, 15) is 18.0 Å². The molecule has 1 unspecified atom stereocenters. The average Bonchev–Trinajstić information content (AvgIpc) is 3.19. The number of alkyl halides is 3. The van der Waals surface area contributed by atoms with E-state index in [1.54, 1.807) is 20.8 Å². The minimum Gasteiger partial charge on any atom is -0.545 e. The van der Waals surface area contributed by atoms with E-state index in [2.05, 4.69) is 37.2 Å². The molecule has 3 aromatic carbocycles. The molecule has 11 nitrogen and oxygen atoms in total. The van der Waals surface area contributed by atoms with Crippen LogP contribution in [0.25, 0.3) is 4.85 Å². The third-order valence-electron chi connectivity index (χ3n) is 9.20. The van der Waals surface area contributed by atoms with Crippen molar-refractivity contribution in [1.29, 1.82) is 0 Å². The molecule has 1 saturated heterocycles. The molecule has 0 aromatic heterocycles. The fourth-order valence-electron chi connectivity index (χ4n) is 6.47. The molecule has 0 spiro atoms. The van der Waals surface area contributed by atoms with Crippen molar-refractivity contribution in [2.24, 2.45) is 0 Å². The number of methoxy groups -OCH3 is 2. The number of benzene rings is 3. The van der Waals surface area contributed by atoms with Crippen LogP contribution in [-0.4, -0.2) is 118 Å². The molecule has 1 amide bonds. The number of halogens is 3. The second kappa shape index (κ2) is 23.7. The fraction of sp³-hybridized carbons (Fsp3) is 0.488. The van der Waals surface area contributed by atoms with Crippen molar-refractivity contribution < 1.29 is 77.1 Å². The molecule has 310 valence electrons. The number of carbonyl (C=O) groups excluding carboxylic acids is 1. The van der Waals surface area contributed by atoms with Crippen LogP contribution in [0.4, 0.5) is 13.2 Å². The maximum atomic E-state index is 13.0. The van der Waals surface area contributed by atoms with Gasteiger partial charge in [0.25, 0.3) is 8.53 Å². The number of amides is 1. The molecular formula is C41H53F3N4O7PU-. The second-order valence-electron chi connectivity index (χ2n) is 13.6. The smallest absolute Gasteiger partial charge is 0.471 e. The summed E-state index contributed by atoms with van der Waals surface area (Å²) in [5, 5.41) is 0. The summed E-state index contributed by atoms with van der Waals surface area (Å²) in [6.45, 7) is 18.3. The van der Waals surface area contributed by atoms with Crippen LogP contribution >= 0.6 is 8.53 Å². The minimum absolute atomic E-state index is 0. The van der Waals surface area contributed by atoms with E-state index in [0.29, 0.717) is 18.0 Å². The molecule has 57 heavy (non-hydrogen) atoms. The summed E-state index contributed by atoms with van der Waals surface area (Å²) in [6.07, 6.45) is -5.59. The largest absolute Gasteiger partial charge is 0.545 e. The molecule has 1 fully saturated rings. The summed E-state index contributed by atoms with van der Waals surface area (Å²) >= 11 is 0. The molecule has 1 heterocycles. The zero-order chi connectivity index (χ0) is 40.7. The topological polar surface area (TPSA) is 86.5 Å². The predicted molar refractivity (Wildman–Crippen MR) is 209 cm³/mol. The number of piperazine rings is 1. The quantitative estimate of drug-likeness (QED) is 0.0465. The molecule has 0 N–H and O–H groups in total. The summed E-state index contributed by atoms with van der Waals surface area (Å²) in [4.78, 5) is 18.0. The molecule has 4 rings (SSSR count). The van der Waals surface area contributed by atoms with Gasteiger partial charge in [0.2, 0.25) is 6.54 Å². The van der Waals surface area contributed by atoms with Gasteiger partial charge in [-0.1, -0.05) is 54.6 Å². The Kier molecular flexibility index (Phi) is 20.3. The average molecular weight is 1040 g/mol. The number of nitrogens with zero attached hydrogens (tertiary/aromatic N) is 4. The summed E-state index contributed by atoms with van der Waals surface area (Å²) < 4.78 is 78.5. The van der Waals surface area contributed by atoms with E-state index >= 15 is 0 Å². The number of rotatable bonds is 21. The van der Waals surface area contributed by atoms with E-state index in [1.807, 2.05) is 83.8 Å². The zero-order valence-corrected chi connectivity index (χ0v) is 38.5. The zero-order valence-electron chi connectivity index (χ0n) is 33.4. The number of hydrogen-bond donors (Lipinski definition) is 0. The van der Waals surface area contributed by atoms with Gasteiger partial charge in [0.05, 0.1) is 33.5 Å². The van der Waals surface area contributed by atoms with Gasteiger partial charge in [-0.2, -0.15) is 19.8 Å². The Bertz CT molecular complexity index is 1600. The monoisotopic (exact) mass is 1040 g/mol. The Hall–Kier alpha value is -2.75. The van der Waals surface area contributed by atoms with Crippen LogP contribution < -0.4 is 9.47 Å². The maximum absolute atomic E-state index is 13.0. The number of carbonyl (C=O) groups is 1. The third-order valence-corrected chi connectivity index (χ3v) is 11.3. The van der Waals surface area contributed by atoms with Crippen LogP contribution in [0.15, 0.2) is 78.9 Å². The van der Waals surface area contributed by atoms with Gasteiger partial charge in [0.15, 0.2) is 0 Å². The Labute approximate surface area is 360 Å².